The number of carbonyl (C=O) groups is 1. The number of oxazole rings is 1. The number of pyridine rings is 1. The van der Waals surface area contributed by atoms with Gasteiger partial charge in [0.1, 0.15) is 18.3 Å². The van der Waals surface area contributed by atoms with Crippen molar-refractivity contribution < 1.29 is 17.6 Å². The number of hydrogen-bond donors (Lipinski definition) is 2. The highest BCUT2D eigenvalue weighted by Crippen LogP contribution is 2.34. The van der Waals surface area contributed by atoms with Gasteiger partial charge in [0.05, 0.1) is 17.3 Å². The molecule has 4 rings (SSSR count). The van der Waals surface area contributed by atoms with Gasteiger partial charge in [0.2, 0.25) is 11.8 Å². The lowest BCUT2D eigenvalue weighted by atomic mass is 10.0. The number of carbonyl (C=O) groups excluding carboxylic acids is 1. The van der Waals surface area contributed by atoms with Crippen LogP contribution in [-0.2, 0) is 14.6 Å². The Labute approximate surface area is 172 Å². The van der Waals surface area contributed by atoms with Crippen molar-refractivity contribution in [1.29, 1.82) is 5.26 Å². The summed E-state index contributed by atoms with van der Waals surface area (Å²) in [5.41, 5.74) is 1.88. The molecule has 0 radical (unpaired) electrons. The Hall–Kier alpha value is -3.39. The van der Waals surface area contributed by atoms with E-state index in [9.17, 15) is 13.2 Å². The van der Waals surface area contributed by atoms with Crippen molar-refractivity contribution in [3.8, 4) is 17.5 Å². The number of likely N-dealkylation sites (tertiary alicyclic amines) is 1. The van der Waals surface area contributed by atoms with Gasteiger partial charge in [0.15, 0.2) is 14.9 Å². The van der Waals surface area contributed by atoms with Gasteiger partial charge >= 0.3 is 0 Å². The Bertz CT molecular complexity index is 1240. The second-order valence-electron chi connectivity index (χ2n) is 7.21. The fourth-order valence-electron chi connectivity index (χ4n) is 3.58. The summed E-state index contributed by atoms with van der Waals surface area (Å²) >= 11 is 0. The van der Waals surface area contributed by atoms with Crippen LogP contribution < -0.4 is 5.32 Å². The van der Waals surface area contributed by atoms with E-state index in [1.165, 1.54) is 0 Å². The summed E-state index contributed by atoms with van der Waals surface area (Å²) in [6.07, 6.45) is 7.01. The van der Waals surface area contributed by atoms with Crippen molar-refractivity contribution in [2.75, 3.05) is 24.7 Å². The third-order valence-electron chi connectivity index (χ3n) is 5.03. The first-order chi connectivity index (χ1) is 14.4. The fraction of sp³-hybridized carbons (Fsp3) is 0.368. The summed E-state index contributed by atoms with van der Waals surface area (Å²) in [5, 5.41) is 12.9. The lowest BCUT2D eigenvalue weighted by Crippen LogP contribution is -2.45. The number of rotatable bonds is 5. The van der Waals surface area contributed by atoms with Crippen LogP contribution in [-0.4, -0.2) is 59.6 Å². The number of amides is 1. The number of piperidine rings is 1. The molecule has 4 heterocycles. The number of aromatic amines is 1. The van der Waals surface area contributed by atoms with Gasteiger partial charge in [-0.25, -0.2) is 13.4 Å². The summed E-state index contributed by atoms with van der Waals surface area (Å²) in [5.74, 6) is -0.0435. The maximum Gasteiger partial charge on any atom is 0.236 e. The minimum absolute atomic E-state index is 0.0509. The standard InChI is InChI=1S/C19H20N6O4S/c1-30(27,28)15-11-29-19(24-15)14-9-22-18-13(5-7-21-18)17(14)23-12-3-2-8-25(10-12)16(26)4-6-20/h5,7,9,11-12H,2-4,8,10H2,1H3,(H2,21,22,23). The number of H-pyrrole nitrogens is 1. The second kappa shape index (κ2) is 7.79. The molecule has 1 fully saturated rings. The minimum Gasteiger partial charge on any atom is -0.443 e. The molecule has 11 heteroatoms. The monoisotopic (exact) mass is 428 g/mol. The van der Waals surface area contributed by atoms with Crippen LogP contribution >= 0.6 is 0 Å². The molecule has 0 aliphatic carbocycles. The van der Waals surface area contributed by atoms with Gasteiger partial charge in [-0.05, 0) is 18.9 Å². The van der Waals surface area contributed by atoms with E-state index in [0.717, 1.165) is 30.7 Å². The number of hydrogen-bond acceptors (Lipinski definition) is 8. The second-order valence-corrected chi connectivity index (χ2v) is 9.17. The highest BCUT2D eigenvalue weighted by Gasteiger charge is 2.26. The Balaban J connectivity index is 1.69. The molecule has 1 amide bonds. The molecule has 0 spiro atoms. The predicted octanol–water partition coefficient (Wildman–Crippen LogP) is 1.94. The molecule has 2 N–H and O–H groups in total. The van der Waals surface area contributed by atoms with E-state index in [-0.39, 0.29) is 29.3 Å². The molecule has 1 aliphatic rings. The number of anilines is 1. The van der Waals surface area contributed by atoms with Gasteiger partial charge in [-0.3, -0.25) is 4.79 Å². The maximum atomic E-state index is 12.1. The largest absolute Gasteiger partial charge is 0.443 e. The lowest BCUT2D eigenvalue weighted by Gasteiger charge is -2.33. The van der Waals surface area contributed by atoms with Crippen LogP contribution in [0.3, 0.4) is 0 Å². The van der Waals surface area contributed by atoms with E-state index in [2.05, 4.69) is 20.3 Å². The first-order valence-electron chi connectivity index (χ1n) is 9.40. The van der Waals surface area contributed by atoms with E-state index in [0.29, 0.717) is 30.0 Å². The normalized spacial score (nSPS) is 17.1. The highest BCUT2D eigenvalue weighted by atomic mass is 32.2. The SMILES string of the molecule is CS(=O)(=O)c1coc(-c2cnc3[nH]ccc3c2NC2CCCN(C(=O)CC#N)C2)n1. The molecule has 1 atom stereocenters. The topological polar surface area (TPSA) is 145 Å². The van der Waals surface area contributed by atoms with E-state index < -0.39 is 9.84 Å². The Morgan fingerprint density at radius 3 is 3.07 bits per heavy atom. The van der Waals surface area contributed by atoms with E-state index in [1.807, 2.05) is 12.1 Å². The van der Waals surface area contributed by atoms with E-state index >= 15 is 0 Å². The Morgan fingerprint density at radius 2 is 2.33 bits per heavy atom. The zero-order valence-electron chi connectivity index (χ0n) is 16.3. The first-order valence-corrected chi connectivity index (χ1v) is 11.3. The van der Waals surface area contributed by atoms with Crippen LogP contribution in [0.5, 0.6) is 0 Å². The van der Waals surface area contributed by atoms with Gasteiger partial charge in [-0.2, -0.15) is 10.2 Å². The van der Waals surface area contributed by atoms with Crippen LogP contribution in [0.25, 0.3) is 22.5 Å². The molecular weight excluding hydrogens is 408 g/mol. The maximum absolute atomic E-state index is 12.1. The average molecular weight is 428 g/mol. The predicted molar refractivity (Wildman–Crippen MR) is 108 cm³/mol. The number of nitrogens with zero attached hydrogens (tertiary/aromatic N) is 4. The third kappa shape index (κ3) is 3.86. The van der Waals surface area contributed by atoms with E-state index in [1.54, 1.807) is 17.3 Å². The molecule has 3 aromatic rings. The van der Waals surface area contributed by atoms with Crippen molar-refractivity contribution in [3.63, 3.8) is 0 Å². The molecule has 1 unspecified atom stereocenters. The molecule has 10 nitrogen and oxygen atoms in total. The van der Waals surface area contributed by atoms with Crippen LogP contribution in [0.15, 0.2) is 34.2 Å². The summed E-state index contributed by atoms with van der Waals surface area (Å²) in [7, 11) is -3.51. The van der Waals surface area contributed by atoms with E-state index in [4.69, 9.17) is 9.68 Å². The molecule has 1 aliphatic heterocycles. The van der Waals surface area contributed by atoms with Crippen LogP contribution in [0.2, 0.25) is 0 Å². The molecular formula is C19H20N6O4S. The third-order valence-corrected chi connectivity index (χ3v) is 5.98. The molecule has 0 saturated carbocycles. The molecule has 156 valence electrons. The molecule has 0 bridgehead atoms. The van der Waals surface area contributed by atoms with Crippen molar-refractivity contribution in [2.24, 2.45) is 0 Å². The van der Waals surface area contributed by atoms with Gasteiger partial charge in [0.25, 0.3) is 0 Å². The summed E-state index contributed by atoms with van der Waals surface area (Å²) in [4.78, 5) is 25.4. The van der Waals surface area contributed by atoms with Gasteiger partial charge in [0, 0.05) is 43.2 Å². The Morgan fingerprint density at radius 1 is 1.50 bits per heavy atom. The van der Waals surface area contributed by atoms with Gasteiger partial charge < -0.3 is 19.6 Å². The first kappa shape index (κ1) is 19.9. The van der Waals surface area contributed by atoms with Crippen LogP contribution in [0.4, 0.5) is 5.69 Å². The smallest absolute Gasteiger partial charge is 0.236 e. The van der Waals surface area contributed by atoms with Crippen LogP contribution in [0, 0.1) is 11.3 Å². The molecule has 0 aromatic carbocycles. The fourth-order valence-corrected chi connectivity index (χ4v) is 4.06. The zero-order valence-corrected chi connectivity index (χ0v) is 17.1. The zero-order chi connectivity index (χ0) is 21.3. The number of fused-ring (bicyclic) bond motifs is 1. The Kier molecular flexibility index (Phi) is 5.17. The van der Waals surface area contributed by atoms with Crippen molar-refractivity contribution in [3.05, 3.63) is 24.7 Å². The number of sulfone groups is 1. The van der Waals surface area contributed by atoms with Crippen molar-refractivity contribution in [1.82, 2.24) is 19.9 Å². The average Bonchev–Trinajstić information content (AvgIpc) is 3.38. The number of aromatic nitrogens is 3. The van der Waals surface area contributed by atoms with Gasteiger partial charge in [-0.1, -0.05) is 0 Å². The quantitative estimate of drug-likeness (QED) is 0.627. The minimum atomic E-state index is -3.51. The van der Waals surface area contributed by atoms with Crippen molar-refractivity contribution >= 4 is 32.5 Å². The summed E-state index contributed by atoms with van der Waals surface area (Å²) < 4.78 is 29.0. The summed E-state index contributed by atoms with van der Waals surface area (Å²) in [6, 6.07) is 3.71. The van der Waals surface area contributed by atoms with Gasteiger partial charge in [-0.15, -0.1) is 0 Å². The van der Waals surface area contributed by atoms with Crippen molar-refractivity contribution in [2.45, 2.75) is 30.3 Å². The number of nitriles is 1. The molecule has 30 heavy (non-hydrogen) atoms. The number of nitrogens with one attached hydrogen (secondary N) is 2. The molecule has 3 aromatic heterocycles. The summed E-state index contributed by atoms with van der Waals surface area (Å²) in [6.45, 7) is 1.09. The van der Waals surface area contributed by atoms with Crippen LogP contribution in [0.1, 0.15) is 19.3 Å². The molecule has 1 saturated heterocycles. The highest BCUT2D eigenvalue weighted by molar-refractivity contribution is 7.90. The lowest BCUT2D eigenvalue weighted by molar-refractivity contribution is -0.131.